The quantitative estimate of drug-likeness (QED) is 0.789. The summed E-state index contributed by atoms with van der Waals surface area (Å²) >= 11 is 0. The van der Waals surface area contributed by atoms with Crippen LogP contribution in [0.1, 0.15) is 29.6 Å². The molecule has 6 nitrogen and oxygen atoms in total. The van der Waals surface area contributed by atoms with Gasteiger partial charge in [0.05, 0.1) is 17.4 Å². The van der Waals surface area contributed by atoms with Gasteiger partial charge in [-0.1, -0.05) is 0 Å². The first-order chi connectivity index (χ1) is 10.8. The molecule has 0 radical (unpaired) electrons. The van der Waals surface area contributed by atoms with Gasteiger partial charge in [-0.25, -0.2) is 4.98 Å². The van der Waals surface area contributed by atoms with Crippen molar-refractivity contribution in [1.29, 1.82) is 0 Å². The van der Waals surface area contributed by atoms with E-state index in [0.29, 0.717) is 5.56 Å². The monoisotopic (exact) mass is 295 g/mol. The summed E-state index contributed by atoms with van der Waals surface area (Å²) in [6, 6.07) is 3.90. The third kappa shape index (κ3) is 2.16. The first kappa shape index (κ1) is 13.1. The van der Waals surface area contributed by atoms with E-state index in [2.05, 4.69) is 15.2 Å². The minimum atomic E-state index is 0.0881. The first-order valence-corrected chi connectivity index (χ1v) is 7.58. The Bertz CT molecular complexity index is 799. The van der Waals surface area contributed by atoms with Gasteiger partial charge < -0.3 is 4.90 Å². The Morgan fingerprint density at radius 1 is 1.18 bits per heavy atom. The lowest BCUT2D eigenvalue weighted by atomic mass is 10.1. The number of piperidine rings is 1. The number of carbonyl (C=O) groups is 1. The molecule has 112 valence electrons. The van der Waals surface area contributed by atoms with Gasteiger partial charge in [0.15, 0.2) is 0 Å². The van der Waals surface area contributed by atoms with E-state index in [1.54, 1.807) is 12.4 Å². The molecule has 1 amide bonds. The highest BCUT2D eigenvalue weighted by atomic mass is 16.2. The SMILES string of the molecule is O=C(c1cnc2c(ccn2-c2cn[nH]c2)c1)N1CCCCC1. The van der Waals surface area contributed by atoms with Crippen molar-refractivity contribution in [1.82, 2.24) is 24.6 Å². The summed E-state index contributed by atoms with van der Waals surface area (Å²) in [5, 5.41) is 7.72. The zero-order valence-electron chi connectivity index (χ0n) is 12.2. The lowest BCUT2D eigenvalue weighted by molar-refractivity contribution is 0.0724. The van der Waals surface area contributed by atoms with E-state index in [4.69, 9.17) is 0 Å². The zero-order chi connectivity index (χ0) is 14.9. The van der Waals surface area contributed by atoms with Gasteiger partial charge >= 0.3 is 0 Å². The highest BCUT2D eigenvalue weighted by Gasteiger charge is 2.19. The van der Waals surface area contributed by atoms with Crippen LogP contribution in [0.5, 0.6) is 0 Å². The number of hydrogen-bond acceptors (Lipinski definition) is 3. The minimum absolute atomic E-state index is 0.0881. The van der Waals surface area contributed by atoms with Crippen molar-refractivity contribution in [2.75, 3.05) is 13.1 Å². The molecule has 0 bridgehead atoms. The van der Waals surface area contributed by atoms with Gasteiger partial charge in [-0.2, -0.15) is 5.10 Å². The molecular formula is C16H17N5O. The average molecular weight is 295 g/mol. The number of H-pyrrole nitrogens is 1. The van der Waals surface area contributed by atoms with E-state index < -0.39 is 0 Å². The molecule has 4 heterocycles. The second-order valence-electron chi connectivity index (χ2n) is 5.63. The molecule has 1 saturated heterocycles. The third-order valence-corrected chi connectivity index (χ3v) is 4.18. The highest BCUT2D eigenvalue weighted by Crippen LogP contribution is 2.20. The van der Waals surface area contributed by atoms with E-state index in [9.17, 15) is 4.79 Å². The molecule has 0 unspecified atom stereocenters. The van der Waals surface area contributed by atoms with Gasteiger partial charge in [0.1, 0.15) is 5.65 Å². The second kappa shape index (κ2) is 5.29. The number of aromatic amines is 1. The molecule has 22 heavy (non-hydrogen) atoms. The summed E-state index contributed by atoms with van der Waals surface area (Å²) in [7, 11) is 0. The van der Waals surface area contributed by atoms with E-state index in [1.807, 2.05) is 34.0 Å². The van der Waals surface area contributed by atoms with Gasteiger partial charge in [0.25, 0.3) is 5.91 Å². The largest absolute Gasteiger partial charge is 0.339 e. The van der Waals surface area contributed by atoms with E-state index >= 15 is 0 Å². The van der Waals surface area contributed by atoms with E-state index in [0.717, 1.165) is 42.7 Å². The van der Waals surface area contributed by atoms with Crippen molar-refractivity contribution < 1.29 is 4.79 Å². The molecule has 4 rings (SSSR count). The summed E-state index contributed by atoms with van der Waals surface area (Å²) in [6.07, 6.45) is 10.6. The molecule has 0 aromatic carbocycles. The summed E-state index contributed by atoms with van der Waals surface area (Å²) in [4.78, 5) is 19.0. The van der Waals surface area contributed by atoms with Crippen molar-refractivity contribution in [2.24, 2.45) is 0 Å². The number of aromatic nitrogens is 4. The predicted molar refractivity (Wildman–Crippen MR) is 83.0 cm³/mol. The lowest BCUT2D eigenvalue weighted by Crippen LogP contribution is -2.35. The number of carbonyl (C=O) groups excluding carboxylic acids is 1. The molecule has 1 N–H and O–H groups in total. The van der Waals surface area contributed by atoms with Crippen LogP contribution in [0.25, 0.3) is 16.7 Å². The topological polar surface area (TPSA) is 66.8 Å². The maximum atomic E-state index is 12.5. The zero-order valence-corrected chi connectivity index (χ0v) is 12.2. The van der Waals surface area contributed by atoms with Crippen LogP contribution in [-0.2, 0) is 0 Å². The standard InChI is InChI=1S/C16H17N5O/c22-16(20-5-2-1-3-6-20)13-8-12-4-7-21(15(12)17-9-13)14-10-18-19-11-14/h4,7-11H,1-3,5-6H2,(H,18,19). The van der Waals surface area contributed by atoms with Gasteiger partial charge in [0, 0.05) is 37.1 Å². The molecule has 3 aromatic heterocycles. The number of nitrogens with zero attached hydrogens (tertiary/aromatic N) is 4. The fourth-order valence-electron chi connectivity index (χ4n) is 3.00. The maximum Gasteiger partial charge on any atom is 0.255 e. The van der Waals surface area contributed by atoms with Crippen molar-refractivity contribution in [3.63, 3.8) is 0 Å². The second-order valence-corrected chi connectivity index (χ2v) is 5.63. The normalized spacial score (nSPS) is 15.4. The van der Waals surface area contributed by atoms with Gasteiger partial charge in [-0.15, -0.1) is 0 Å². The van der Waals surface area contributed by atoms with Crippen molar-refractivity contribution >= 4 is 16.9 Å². The fraction of sp³-hybridized carbons (Fsp3) is 0.312. The smallest absolute Gasteiger partial charge is 0.255 e. The van der Waals surface area contributed by atoms with Crippen molar-refractivity contribution in [3.8, 4) is 5.69 Å². The molecule has 0 aliphatic carbocycles. The Hall–Kier alpha value is -2.63. The van der Waals surface area contributed by atoms with Crippen molar-refractivity contribution in [3.05, 3.63) is 42.5 Å². The van der Waals surface area contributed by atoms with Crippen LogP contribution < -0.4 is 0 Å². The maximum absolute atomic E-state index is 12.5. The number of pyridine rings is 1. The van der Waals surface area contributed by atoms with Crippen LogP contribution in [0.15, 0.2) is 36.9 Å². The number of likely N-dealkylation sites (tertiary alicyclic amines) is 1. The number of nitrogens with one attached hydrogen (secondary N) is 1. The van der Waals surface area contributed by atoms with Crippen LogP contribution in [0.2, 0.25) is 0 Å². The molecule has 1 aliphatic rings. The Labute approximate surface area is 127 Å². The van der Waals surface area contributed by atoms with Gasteiger partial charge in [-0.3, -0.25) is 14.5 Å². The summed E-state index contributed by atoms with van der Waals surface area (Å²) in [5.41, 5.74) is 2.42. The molecular weight excluding hydrogens is 278 g/mol. The van der Waals surface area contributed by atoms with Crippen LogP contribution in [-0.4, -0.2) is 43.6 Å². The Morgan fingerprint density at radius 2 is 2.05 bits per heavy atom. The highest BCUT2D eigenvalue weighted by molar-refractivity contribution is 5.97. The molecule has 3 aromatic rings. The van der Waals surface area contributed by atoms with Gasteiger partial charge in [-0.05, 0) is 31.4 Å². The van der Waals surface area contributed by atoms with Crippen LogP contribution >= 0.6 is 0 Å². The summed E-state index contributed by atoms with van der Waals surface area (Å²) < 4.78 is 1.95. The van der Waals surface area contributed by atoms with Crippen LogP contribution in [0.3, 0.4) is 0 Å². The number of hydrogen-bond donors (Lipinski definition) is 1. The molecule has 1 aliphatic heterocycles. The Morgan fingerprint density at radius 3 is 2.82 bits per heavy atom. The average Bonchev–Trinajstić information content (AvgIpc) is 3.23. The number of amides is 1. The Balaban J connectivity index is 1.68. The third-order valence-electron chi connectivity index (χ3n) is 4.18. The summed E-state index contributed by atoms with van der Waals surface area (Å²) in [6.45, 7) is 1.71. The number of rotatable bonds is 2. The fourth-order valence-corrected chi connectivity index (χ4v) is 3.00. The van der Waals surface area contributed by atoms with Gasteiger partial charge in [0.2, 0.25) is 0 Å². The number of fused-ring (bicyclic) bond motifs is 1. The minimum Gasteiger partial charge on any atom is -0.339 e. The van der Waals surface area contributed by atoms with Crippen LogP contribution in [0.4, 0.5) is 0 Å². The molecule has 6 heteroatoms. The molecule has 0 saturated carbocycles. The predicted octanol–water partition coefficient (Wildman–Crippen LogP) is 2.37. The molecule has 1 fully saturated rings. The first-order valence-electron chi connectivity index (χ1n) is 7.58. The molecule has 0 atom stereocenters. The molecule has 0 spiro atoms. The van der Waals surface area contributed by atoms with Crippen LogP contribution in [0, 0.1) is 0 Å². The van der Waals surface area contributed by atoms with E-state index in [1.165, 1.54) is 6.42 Å². The van der Waals surface area contributed by atoms with E-state index in [-0.39, 0.29) is 5.91 Å². The lowest BCUT2D eigenvalue weighted by Gasteiger charge is -2.26. The summed E-state index contributed by atoms with van der Waals surface area (Å²) in [5.74, 6) is 0.0881. The Kier molecular flexibility index (Phi) is 3.14. The van der Waals surface area contributed by atoms with Crippen molar-refractivity contribution in [2.45, 2.75) is 19.3 Å².